The second kappa shape index (κ2) is 6.42. The van der Waals surface area contributed by atoms with E-state index in [1.54, 1.807) is 24.2 Å². The predicted octanol–water partition coefficient (Wildman–Crippen LogP) is 1.58. The number of piperidine rings is 1. The fourth-order valence-corrected chi connectivity index (χ4v) is 3.01. The lowest BCUT2D eigenvalue weighted by Gasteiger charge is -2.30. The molecule has 128 valence electrons. The fourth-order valence-electron chi connectivity index (χ4n) is 3.01. The van der Waals surface area contributed by atoms with E-state index in [2.05, 4.69) is 35.1 Å². The molecule has 1 aliphatic heterocycles. The molecule has 0 aromatic carbocycles. The van der Waals surface area contributed by atoms with Crippen LogP contribution in [0.15, 0.2) is 29.2 Å². The van der Waals surface area contributed by atoms with E-state index in [1.807, 2.05) is 12.1 Å². The van der Waals surface area contributed by atoms with Gasteiger partial charge in [0.1, 0.15) is 11.5 Å². The van der Waals surface area contributed by atoms with E-state index in [1.165, 1.54) is 0 Å². The minimum atomic E-state index is -0.134. The molecule has 4 rings (SSSR count). The van der Waals surface area contributed by atoms with Crippen LogP contribution in [-0.4, -0.2) is 54.4 Å². The summed E-state index contributed by atoms with van der Waals surface area (Å²) in [5, 5.41) is 14.7. The van der Waals surface area contributed by atoms with Crippen molar-refractivity contribution in [2.75, 3.05) is 13.1 Å². The monoisotopic (exact) mass is 339 g/mol. The van der Waals surface area contributed by atoms with Crippen LogP contribution in [0.5, 0.6) is 0 Å². The van der Waals surface area contributed by atoms with Gasteiger partial charge in [-0.1, -0.05) is 5.16 Å². The zero-order chi connectivity index (χ0) is 17.2. The summed E-state index contributed by atoms with van der Waals surface area (Å²) in [6.07, 6.45) is 5.09. The number of hydrogen-bond acceptors (Lipinski definition) is 7. The lowest BCUT2D eigenvalue weighted by atomic mass is 9.96. The van der Waals surface area contributed by atoms with Gasteiger partial charge in [0.15, 0.2) is 11.5 Å². The average Bonchev–Trinajstić information content (AvgIpc) is 3.31. The van der Waals surface area contributed by atoms with Crippen molar-refractivity contribution in [3.8, 4) is 11.4 Å². The molecule has 0 aliphatic carbocycles. The maximum atomic E-state index is 12.4. The van der Waals surface area contributed by atoms with E-state index in [-0.39, 0.29) is 17.5 Å². The Labute approximate surface area is 143 Å². The number of carbonyl (C=O) groups excluding carboxylic acids is 1. The topological polar surface area (TPSA) is 114 Å². The third-order valence-corrected chi connectivity index (χ3v) is 4.45. The number of H-pyrrole nitrogens is 1. The Morgan fingerprint density at radius 3 is 2.84 bits per heavy atom. The third kappa shape index (κ3) is 3.00. The van der Waals surface area contributed by atoms with Gasteiger partial charge in [0.05, 0.1) is 0 Å². The van der Waals surface area contributed by atoms with E-state index in [9.17, 15) is 4.79 Å². The lowest BCUT2D eigenvalue weighted by molar-refractivity contribution is 0.0699. The first-order valence-electron chi connectivity index (χ1n) is 8.13. The van der Waals surface area contributed by atoms with E-state index in [0.29, 0.717) is 24.6 Å². The van der Waals surface area contributed by atoms with Crippen molar-refractivity contribution in [1.82, 2.24) is 35.4 Å². The first-order valence-corrected chi connectivity index (χ1v) is 8.13. The summed E-state index contributed by atoms with van der Waals surface area (Å²) in [5.74, 6) is 1.61. The van der Waals surface area contributed by atoms with Crippen molar-refractivity contribution in [2.45, 2.75) is 25.7 Å². The van der Waals surface area contributed by atoms with Crippen LogP contribution in [-0.2, 0) is 0 Å². The normalized spacial score (nSPS) is 15.5. The van der Waals surface area contributed by atoms with Gasteiger partial charge in [0.25, 0.3) is 5.91 Å². The summed E-state index contributed by atoms with van der Waals surface area (Å²) in [6, 6.07) is 3.78. The van der Waals surface area contributed by atoms with Crippen LogP contribution in [0.4, 0.5) is 0 Å². The number of rotatable bonds is 3. The Hall–Kier alpha value is -3.10. The Balaban J connectivity index is 1.42. The summed E-state index contributed by atoms with van der Waals surface area (Å²) in [6.45, 7) is 2.99. The Bertz CT molecular complexity index is 866. The van der Waals surface area contributed by atoms with Gasteiger partial charge in [-0.15, -0.1) is 0 Å². The van der Waals surface area contributed by atoms with Crippen molar-refractivity contribution < 1.29 is 9.42 Å². The number of likely N-dealkylation sites (tertiary alicyclic amines) is 1. The van der Waals surface area contributed by atoms with Gasteiger partial charge in [-0.2, -0.15) is 5.10 Å². The summed E-state index contributed by atoms with van der Waals surface area (Å²) in [7, 11) is 0. The number of hydrogen-bond donors (Lipinski definition) is 1. The molecule has 9 nitrogen and oxygen atoms in total. The quantitative estimate of drug-likeness (QED) is 0.770. The van der Waals surface area contributed by atoms with Gasteiger partial charge in [-0.25, -0.2) is 9.61 Å². The molecule has 0 radical (unpaired) electrons. The largest absolute Gasteiger partial charge is 0.337 e. The highest BCUT2D eigenvalue weighted by molar-refractivity contribution is 5.93. The zero-order valence-electron chi connectivity index (χ0n) is 13.7. The molecular weight excluding hydrogens is 322 g/mol. The molecule has 1 aliphatic rings. The van der Waals surface area contributed by atoms with Crippen LogP contribution in [0, 0.1) is 6.92 Å². The number of pyridine rings is 1. The number of carbonyl (C=O) groups is 1. The highest BCUT2D eigenvalue weighted by Gasteiger charge is 2.29. The van der Waals surface area contributed by atoms with Crippen molar-refractivity contribution in [2.24, 2.45) is 0 Å². The molecule has 4 heterocycles. The van der Waals surface area contributed by atoms with Crippen LogP contribution < -0.4 is 0 Å². The molecular formula is C16H17N7O2. The molecule has 1 fully saturated rings. The number of aryl methyl sites for hydroxylation is 1. The van der Waals surface area contributed by atoms with Crippen molar-refractivity contribution in [1.29, 1.82) is 0 Å². The molecule has 1 amide bonds. The lowest BCUT2D eigenvalue weighted by Crippen LogP contribution is -2.38. The maximum absolute atomic E-state index is 12.4. The number of nitrogens with one attached hydrogen (secondary N) is 1. The van der Waals surface area contributed by atoms with Gasteiger partial charge in [-0.05, 0) is 37.1 Å². The Morgan fingerprint density at radius 2 is 2.16 bits per heavy atom. The molecule has 25 heavy (non-hydrogen) atoms. The van der Waals surface area contributed by atoms with E-state index in [0.717, 1.165) is 24.2 Å². The van der Waals surface area contributed by atoms with Crippen molar-refractivity contribution in [3.05, 3.63) is 41.7 Å². The van der Waals surface area contributed by atoms with Crippen LogP contribution >= 0.6 is 0 Å². The van der Waals surface area contributed by atoms with Gasteiger partial charge in [0, 0.05) is 37.0 Å². The van der Waals surface area contributed by atoms with Crippen LogP contribution in [0.2, 0.25) is 0 Å². The minimum Gasteiger partial charge on any atom is -0.337 e. The second-order valence-electron chi connectivity index (χ2n) is 6.05. The third-order valence-electron chi connectivity index (χ3n) is 4.45. The molecule has 0 unspecified atom stereocenters. The highest BCUT2D eigenvalue weighted by atomic mass is 16.6. The highest BCUT2D eigenvalue weighted by Crippen LogP contribution is 2.27. The molecule has 1 saturated heterocycles. The fraction of sp³-hybridized carbons (Fsp3) is 0.375. The molecule has 0 atom stereocenters. The minimum absolute atomic E-state index is 0.134. The Kier molecular flexibility index (Phi) is 3.96. The molecule has 3 aromatic rings. The summed E-state index contributed by atoms with van der Waals surface area (Å²) < 4.78 is 4.62. The van der Waals surface area contributed by atoms with Crippen molar-refractivity contribution in [3.63, 3.8) is 0 Å². The number of nitrogens with zero attached hydrogens (tertiary/aromatic N) is 6. The predicted molar refractivity (Wildman–Crippen MR) is 86.5 cm³/mol. The number of aromatic nitrogens is 6. The van der Waals surface area contributed by atoms with Gasteiger partial charge in [-0.3, -0.25) is 14.9 Å². The first-order chi connectivity index (χ1) is 12.2. The molecule has 0 saturated carbocycles. The number of amides is 1. The molecule has 9 heteroatoms. The van der Waals surface area contributed by atoms with E-state index < -0.39 is 0 Å². The molecule has 0 bridgehead atoms. The van der Waals surface area contributed by atoms with Crippen LogP contribution in [0.1, 0.15) is 40.8 Å². The van der Waals surface area contributed by atoms with Gasteiger partial charge >= 0.3 is 0 Å². The first kappa shape index (κ1) is 15.4. The van der Waals surface area contributed by atoms with Gasteiger partial charge < -0.3 is 4.90 Å². The van der Waals surface area contributed by atoms with E-state index >= 15 is 0 Å². The number of aromatic amines is 1. The average molecular weight is 339 g/mol. The summed E-state index contributed by atoms with van der Waals surface area (Å²) in [4.78, 5) is 22.9. The van der Waals surface area contributed by atoms with Gasteiger partial charge in [0.2, 0.25) is 0 Å². The molecule has 1 N–H and O–H groups in total. The van der Waals surface area contributed by atoms with Crippen molar-refractivity contribution >= 4 is 5.91 Å². The zero-order valence-corrected chi connectivity index (χ0v) is 13.7. The Morgan fingerprint density at radius 1 is 1.32 bits per heavy atom. The standard InChI is InChI=1S/C16H17N7O2/c1-10-13(22-25-21-10)16(24)23-7-4-11(5-8-23)14-18-15(20-19-14)12-3-2-6-17-9-12/h2-3,6,9,11H,4-5,7-8H2,1H3,(H,18,19,20). The molecule has 3 aromatic heterocycles. The van der Waals surface area contributed by atoms with Crippen LogP contribution in [0.3, 0.4) is 0 Å². The smallest absolute Gasteiger partial charge is 0.278 e. The van der Waals surface area contributed by atoms with Crippen LogP contribution in [0.25, 0.3) is 11.4 Å². The SMILES string of the molecule is Cc1nonc1C(=O)N1CCC(c2nc(-c3cccnc3)n[nH]2)CC1. The molecule has 0 spiro atoms. The second-order valence-corrected chi connectivity index (χ2v) is 6.05. The van der Waals surface area contributed by atoms with E-state index in [4.69, 9.17) is 0 Å². The maximum Gasteiger partial charge on any atom is 0.278 e. The summed E-state index contributed by atoms with van der Waals surface area (Å²) in [5.41, 5.74) is 1.69. The summed E-state index contributed by atoms with van der Waals surface area (Å²) >= 11 is 0.